The van der Waals surface area contributed by atoms with E-state index in [2.05, 4.69) is 10.5 Å². The van der Waals surface area contributed by atoms with Gasteiger partial charge < -0.3 is 9.84 Å². The van der Waals surface area contributed by atoms with Crippen LogP contribution < -0.4 is 10.2 Å². The van der Waals surface area contributed by atoms with Crippen LogP contribution >= 0.6 is 0 Å². The van der Waals surface area contributed by atoms with Crippen LogP contribution in [0.5, 0.6) is 11.5 Å². The molecule has 2 rings (SSSR count). The summed E-state index contributed by atoms with van der Waals surface area (Å²) in [7, 11) is 0. The number of non-ortho nitro benzene ring substituents is 1. The SMILES string of the molecule is CCOc1cc(C=NNc2ccc([N+](=O)[O-])cc2[N+](=O)[O-])ccc1O. The molecule has 25 heavy (non-hydrogen) atoms. The van der Waals surface area contributed by atoms with E-state index in [1.54, 1.807) is 19.1 Å². The lowest BCUT2D eigenvalue weighted by atomic mass is 10.2. The van der Waals surface area contributed by atoms with E-state index in [-0.39, 0.29) is 22.9 Å². The second-order valence-corrected chi connectivity index (χ2v) is 4.75. The minimum Gasteiger partial charge on any atom is -0.504 e. The molecule has 0 aliphatic carbocycles. The lowest BCUT2D eigenvalue weighted by molar-refractivity contribution is -0.393. The van der Waals surface area contributed by atoms with E-state index in [9.17, 15) is 25.3 Å². The highest BCUT2D eigenvalue weighted by Gasteiger charge is 2.19. The van der Waals surface area contributed by atoms with Gasteiger partial charge in [-0.3, -0.25) is 25.7 Å². The maximum Gasteiger partial charge on any atom is 0.301 e. The van der Waals surface area contributed by atoms with Crippen molar-refractivity contribution in [2.45, 2.75) is 6.92 Å². The van der Waals surface area contributed by atoms with Gasteiger partial charge in [0.1, 0.15) is 5.69 Å². The fourth-order valence-electron chi connectivity index (χ4n) is 1.94. The van der Waals surface area contributed by atoms with Crippen molar-refractivity contribution in [3.05, 3.63) is 62.2 Å². The summed E-state index contributed by atoms with van der Waals surface area (Å²) in [6.45, 7) is 2.15. The van der Waals surface area contributed by atoms with Crippen LogP contribution in [0.3, 0.4) is 0 Å². The van der Waals surface area contributed by atoms with Gasteiger partial charge in [-0.05, 0) is 36.8 Å². The molecule has 10 nitrogen and oxygen atoms in total. The number of aromatic hydroxyl groups is 1. The number of nitro groups is 2. The molecule has 0 saturated carbocycles. The van der Waals surface area contributed by atoms with Crippen molar-refractivity contribution < 1.29 is 19.7 Å². The maximum atomic E-state index is 11.0. The lowest BCUT2D eigenvalue weighted by Gasteiger charge is -2.06. The first-order chi connectivity index (χ1) is 11.9. The van der Waals surface area contributed by atoms with Crippen LogP contribution in [0.1, 0.15) is 12.5 Å². The fourth-order valence-corrected chi connectivity index (χ4v) is 1.94. The molecule has 0 saturated heterocycles. The Morgan fingerprint density at radius 3 is 2.60 bits per heavy atom. The Hall–Kier alpha value is -3.69. The zero-order chi connectivity index (χ0) is 18.4. The Bertz CT molecular complexity index is 837. The van der Waals surface area contributed by atoms with Crippen LogP contribution in [0.25, 0.3) is 0 Å². The van der Waals surface area contributed by atoms with Crippen LogP contribution in [0.4, 0.5) is 17.1 Å². The highest BCUT2D eigenvalue weighted by atomic mass is 16.6. The van der Waals surface area contributed by atoms with E-state index in [0.717, 1.165) is 12.1 Å². The van der Waals surface area contributed by atoms with Crippen LogP contribution in [-0.2, 0) is 0 Å². The molecule has 2 aromatic rings. The molecule has 0 spiro atoms. The molecule has 0 bridgehead atoms. The Kier molecular flexibility index (Phi) is 5.46. The number of phenols is 1. The average Bonchev–Trinajstić information content (AvgIpc) is 2.57. The van der Waals surface area contributed by atoms with Crippen molar-refractivity contribution >= 4 is 23.3 Å². The highest BCUT2D eigenvalue weighted by Crippen LogP contribution is 2.29. The number of hydrogen-bond donors (Lipinski definition) is 2. The van der Waals surface area contributed by atoms with Gasteiger partial charge in [0.05, 0.1) is 28.7 Å². The molecule has 0 aliphatic rings. The first-order valence-corrected chi connectivity index (χ1v) is 7.10. The molecule has 0 aromatic heterocycles. The Labute approximate surface area is 141 Å². The summed E-state index contributed by atoms with van der Waals surface area (Å²) in [6.07, 6.45) is 1.37. The Balaban J connectivity index is 2.20. The number of phenolic OH excluding ortho intramolecular Hbond substituents is 1. The molecule has 10 heteroatoms. The number of rotatable bonds is 7. The quantitative estimate of drug-likeness (QED) is 0.446. The first kappa shape index (κ1) is 17.7. The number of benzene rings is 2. The van der Waals surface area contributed by atoms with E-state index in [0.29, 0.717) is 12.2 Å². The van der Waals surface area contributed by atoms with Crippen molar-refractivity contribution in [1.82, 2.24) is 0 Å². The smallest absolute Gasteiger partial charge is 0.301 e. The van der Waals surface area contributed by atoms with Crippen molar-refractivity contribution in [3.8, 4) is 11.5 Å². The largest absolute Gasteiger partial charge is 0.504 e. The summed E-state index contributed by atoms with van der Waals surface area (Å²) in [5.74, 6) is 0.269. The van der Waals surface area contributed by atoms with E-state index in [4.69, 9.17) is 4.74 Å². The molecule has 0 amide bonds. The summed E-state index contributed by atoms with van der Waals surface area (Å²) in [6, 6.07) is 7.75. The van der Waals surface area contributed by atoms with Gasteiger partial charge >= 0.3 is 5.69 Å². The van der Waals surface area contributed by atoms with Crippen LogP contribution in [0.15, 0.2) is 41.5 Å². The molecule has 0 atom stereocenters. The van der Waals surface area contributed by atoms with Crippen molar-refractivity contribution in [2.24, 2.45) is 5.10 Å². The predicted molar refractivity (Wildman–Crippen MR) is 90.2 cm³/mol. The van der Waals surface area contributed by atoms with Gasteiger partial charge in [-0.1, -0.05) is 0 Å². The third kappa shape index (κ3) is 4.41. The molecular formula is C15H14N4O6. The second-order valence-electron chi connectivity index (χ2n) is 4.75. The number of nitro benzene ring substituents is 2. The van der Waals surface area contributed by atoms with Gasteiger partial charge in [0.2, 0.25) is 0 Å². The normalized spacial score (nSPS) is 10.6. The molecule has 0 unspecified atom stereocenters. The Morgan fingerprint density at radius 1 is 1.20 bits per heavy atom. The van der Waals surface area contributed by atoms with Gasteiger partial charge in [0.25, 0.3) is 5.69 Å². The lowest BCUT2D eigenvalue weighted by Crippen LogP contribution is -1.99. The highest BCUT2D eigenvalue weighted by molar-refractivity contribution is 5.82. The van der Waals surface area contributed by atoms with Gasteiger partial charge in [0.15, 0.2) is 11.5 Å². The van der Waals surface area contributed by atoms with E-state index < -0.39 is 15.5 Å². The zero-order valence-corrected chi connectivity index (χ0v) is 13.1. The van der Waals surface area contributed by atoms with Crippen LogP contribution in [-0.4, -0.2) is 27.8 Å². The van der Waals surface area contributed by atoms with Crippen LogP contribution in [0, 0.1) is 20.2 Å². The van der Waals surface area contributed by atoms with E-state index >= 15 is 0 Å². The summed E-state index contributed by atoms with van der Waals surface area (Å²) >= 11 is 0. The van der Waals surface area contributed by atoms with Crippen molar-refractivity contribution in [3.63, 3.8) is 0 Å². The van der Waals surface area contributed by atoms with Crippen LogP contribution in [0.2, 0.25) is 0 Å². The monoisotopic (exact) mass is 346 g/mol. The third-order valence-electron chi connectivity index (χ3n) is 3.07. The number of anilines is 1. The van der Waals surface area contributed by atoms with Crippen molar-refractivity contribution in [2.75, 3.05) is 12.0 Å². The number of hydrogen-bond acceptors (Lipinski definition) is 8. The fraction of sp³-hybridized carbons (Fsp3) is 0.133. The molecular weight excluding hydrogens is 332 g/mol. The summed E-state index contributed by atoms with van der Waals surface area (Å²) < 4.78 is 5.24. The van der Waals surface area contributed by atoms with Gasteiger partial charge in [-0.25, -0.2) is 0 Å². The van der Waals surface area contributed by atoms with Gasteiger partial charge in [-0.2, -0.15) is 5.10 Å². The number of nitrogens with one attached hydrogen (secondary N) is 1. The Morgan fingerprint density at radius 2 is 1.96 bits per heavy atom. The average molecular weight is 346 g/mol. The molecule has 0 aliphatic heterocycles. The minimum atomic E-state index is -0.737. The van der Waals surface area contributed by atoms with E-state index in [1.165, 1.54) is 18.3 Å². The topological polar surface area (TPSA) is 140 Å². The maximum absolute atomic E-state index is 11.0. The van der Waals surface area contributed by atoms with Crippen molar-refractivity contribution in [1.29, 1.82) is 0 Å². The van der Waals surface area contributed by atoms with Gasteiger partial charge in [-0.15, -0.1) is 0 Å². The number of hydrazone groups is 1. The number of ether oxygens (including phenoxy) is 1. The van der Waals surface area contributed by atoms with E-state index in [1.807, 2.05) is 0 Å². The standard InChI is InChI=1S/C15H14N4O6/c1-2-25-15-7-10(3-6-14(15)20)9-16-17-12-5-4-11(18(21)22)8-13(12)19(23)24/h3-9,17,20H,2H2,1H3. The molecule has 0 radical (unpaired) electrons. The molecule has 2 aromatic carbocycles. The molecule has 2 N–H and O–H groups in total. The minimum absolute atomic E-state index is 0.00987. The first-order valence-electron chi connectivity index (χ1n) is 7.10. The third-order valence-corrected chi connectivity index (χ3v) is 3.07. The second kappa shape index (κ2) is 7.73. The zero-order valence-electron chi connectivity index (χ0n) is 13.1. The summed E-state index contributed by atoms with van der Waals surface area (Å²) in [5.41, 5.74) is 2.22. The predicted octanol–water partition coefficient (Wildman–Crippen LogP) is 3.05. The molecule has 0 fully saturated rings. The number of nitrogens with zero attached hydrogens (tertiary/aromatic N) is 3. The molecule has 0 heterocycles. The molecule has 130 valence electrons. The summed E-state index contributed by atoms with van der Waals surface area (Å²) in [4.78, 5) is 20.3. The van der Waals surface area contributed by atoms with Gasteiger partial charge in [0, 0.05) is 6.07 Å². The summed E-state index contributed by atoms with van der Waals surface area (Å²) in [5, 5.41) is 35.2.